The zero-order valence-electron chi connectivity index (χ0n) is 12.4. The maximum atomic E-state index is 12.5. The molecule has 0 radical (unpaired) electrons. The Morgan fingerprint density at radius 3 is 2.70 bits per heavy atom. The minimum Gasteiger partial charge on any atom is -0.397 e. The second kappa shape index (κ2) is 5.15. The smallest absolute Gasteiger partial charge is 0.268 e. The standard InChI is InChI=1S/C16H25N3O/c1-10-3-6-14(11(2)7-10)18-16(20)15-8-12(17)9-19(15)13-4-5-13/h8-11,13-14H,3-7,17H2,1-2H3,(H,18,20). The number of rotatable bonds is 3. The lowest BCUT2D eigenvalue weighted by Gasteiger charge is -2.33. The molecule has 0 aromatic carbocycles. The van der Waals surface area contributed by atoms with Crippen LogP contribution in [0.4, 0.5) is 5.69 Å². The van der Waals surface area contributed by atoms with Crippen LogP contribution in [0.5, 0.6) is 0 Å². The molecule has 0 bridgehead atoms. The molecule has 4 heteroatoms. The molecule has 1 aromatic heterocycles. The average molecular weight is 275 g/mol. The Morgan fingerprint density at radius 1 is 1.30 bits per heavy atom. The van der Waals surface area contributed by atoms with Crippen molar-refractivity contribution >= 4 is 11.6 Å². The van der Waals surface area contributed by atoms with Crippen molar-refractivity contribution in [1.29, 1.82) is 0 Å². The molecule has 1 heterocycles. The first-order valence-corrected chi connectivity index (χ1v) is 7.83. The molecule has 2 aliphatic carbocycles. The fourth-order valence-corrected chi connectivity index (χ4v) is 3.46. The van der Waals surface area contributed by atoms with Crippen LogP contribution < -0.4 is 11.1 Å². The van der Waals surface area contributed by atoms with Crippen molar-refractivity contribution in [3.63, 3.8) is 0 Å². The second-order valence-electron chi connectivity index (χ2n) is 6.77. The first kappa shape index (κ1) is 13.5. The van der Waals surface area contributed by atoms with E-state index >= 15 is 0 Å². The van der Waals surface area contributed by atoms with E-state index < -0.39 is 0 Å². The number of anilines is 1. The summed E-state index contributed by atoms with van der Waals surface area (Å²) < 4.78 is 2.06. The molecule has 20 heavy (non-hydrogen) atoms. The highest BCUT2D eigenvalue weighted by Crippen LogP contribution is 2.37. The third-order valence-electron chi connectivity index (χ3n) is 4.79. The normalized spacial score (nSPS) is 30.2. The number of nitrogens with one attached hydrogen (secondary N) is 1. The van der Waals surface area contributed by atoms with Crippen LogP contribution in [0.15, 0.2) is 12.3 Å². The van der Waals surface area contributed by atoms with E-state index in [1.165, 1.54) is 12.8 Å². The Kier molecular flexibility index (Phi) is 3.48. The van der Waals surface area contributed by atoms with Crippen LogP contribution in [0, 0.1) is 11.8 Å². The van der Waals surface area contributed by atoms with Gasteiger partial charge in [0.15, 0.2) is 0 Å². The lowest BCUT2D eigenvalue weighted by atomic mass is 9.80. The monoisotopic (exact) mass is 275 g/mol. The molecule has 1 amide bonds. The summed E-state index contributed by atoms with van der Waals surface area (Å²) in [6, 6.07) is 2.60. The van der Waals surface area contributed by atoms with Crippen molar-refractivity contribution in [2.75, 3.05) is 5.73 Å². The van der Waals surface area contributed by atoms with E-state index in [1.54, 1.807) is 0 Å². The van der Waals surface area contributed by atoms with Crippen LogP contribution in [-0.4, -0.2) is 16.5 Å². The number of carbonyl (C=O) groups is 1. The van der Waals surface area contributed by atoms with Crippen molar-refractivity contribution in [3.05, 3.63) is 18.0 Å². The van der Waals surface area contributed by atoms with Gasteiger partial charge in [0.1, 0.15) is 5.69 Å². The van der Waals surface area contributed by atoms with Crippen LogP contribution >= 0.6 is 0 Å². The van der Waals surface area contributed by atoms with E-state index in [2.05, 4.69) is 23.7 Å². The zero-order valence-corrected chi connectivity index (χ0v) is 12.4. The summed E-state index contributed by atoms with van der Waals surface area (Å²) in [5.74, 6) is 1.38. The van der Waals surface area contributed by atoms with Gasteiger partial charge in [-0.15, -0.1) is 0 Å². The van der Waals surface area contributed by atoms with Gasteiger partial charge in [-0.1, -0.05) is 13.8 Å². The van der Waals surface area contributed by atoms with Crippen molar-refractivity contribution in [3.8, 4) is 0 Å². The Balaban J connectivity index is 1.70. The summed E-state index contributed by atoms with van der Waals surface area (Å²) in [5.41, 5.74) is 7.28. The summed E-state index contributed by atoms with van der Waals surface area (Å²) in [5, 5.41) is 3.23. The number of hydrogen-bond acceptors (Lipinski definition) is 2. The minimum atomic E-state index is 0.0417. The van der Waals surface area contributed by atoms with Crippen molar-refractivity contribution < 1.29 is 4.79 Å². The van der Waals surface area contributed by atoms with Crippen LogP contribution in [-0.2, 0) is 0 Å². The molecule has 110 valence electrons. The highest BCUT2D eigenvalue weighted by Gasteiger charge is 2.30. The van der Waals surface area contributed by atoms with E-state index in [4.69, 9.17) is 5.73 Å². The van der Waals surface area contributed by atoms with Gasteiger partial charge < -0.3 is 15.6 Å². The van der Waals surface area contributed by atoms with Gasteiger partial charge in [-0.3, -0.25) is 4.79 Å². The first-order valence-electron chi connectivity index (χ1n) is 7.83. The Hall–Kier alpha value is -1.45. The lowest BCUT2D eigenvalue weighted by Crippen LogP contribution is -2.43. The first-order chi connectivity index (χ1) is 9.54. The van der Waals surface area contributed by atoms with Gasteiger partial charge in [0, 0.05) is 18.3 Å². The summed E-state index contributed by atoms with van der Waals surface area (Å²) in [6.07, 6.45) is 7.72. The van der Waals surface area contributed by atoms with E-state index in [0.717, 1.165) is 30.9 Å². The van der Waals surface area contributed by atoms with E-state index in [0.29, 0.717) is 23.7 Å². The molecule has 3 atom stereocenters. The number of hydrogen-bond donors (Lipinski definition) is 2. The predicted molar refractivity (Wildman–Crippen MR) is 80.5 cm³/mol. The molecule has 2 fully saturated rings. The third kappa shape index (κ3) is 2.69. The SMILES string of the molecule is CC1CCC(NC(=O)c2cc(N)cn2C2CC2)C(C)C1. The maximum absolute atomic E-state index is 12.5. The molecule has 0 saturated heterocycles. The molecule has 1 aromatic rings. The van der Waals surface area contributed by atoms with Crippen LogP contribution in [0.25, 0.3) is 0 Å². The zero-order chi connectivity index (χ0) is 14.3. The van der Waals surface area contributed by atoms with Crippen molar-refractivity contribution in [2.24, 2.45) is 11.8 Å². The molecular weight excluding hydrogens is 250 g/mol. The predicted octanol–water partition coefficient (Wildman–Crippen LogP) is 2.96. The van der Waals surface area contributed by atoms with E-state index in [9.17, 15) is 4.79 Å². The molecule has 3 unspecified atom stereocenters. The molecule has 3 rings (SSSR count). The van der Waals surface area contributed by atoms with Gasteiger partial charge >= 0.3 is 0 Å². The van der Waals surface area contributed by atoms with Gasteiger partial charge in [0.25, 0.3) is 5.91 Å². The summed E-state index contributed by atoms with van der Waals surface area (Å²) in [7, 11) is 0. The fourth-order valence-electron chi connectivity index (χ4n) is 3.46. The Labute approximate surface area is 120 Å². The summed E-state index contributed by atoms with van der Waals surface area (Å²) >= 11 is 0. The molecular formula is C16H25N3O. The van der Waals surface area contributed by atoms with Gasteiger partial charge in [0.2, 0.25) is 0 Å². The molecule has 3 N–H and O–H groups in total. The molecule has 0 spiro atoms. The number of nitrogens with zero attached hydrogens (tertiary/aromatic N) is 1. The quantitative estimate of drug-likeness (QED) is 0.891. The number of amides is 1. The topological polar surface area (TPSA) is 60.1 Å². The van der Waals surface area contributed by atoms with Crippen LogP contribution in [0.1, 0.15) is 62.5 Å². The van der Waals surface area contributed by atoms with Gasteiger partial charge in [-0.05, 0) is 50.0 Å². The van der Waals surface area contributed by atoms with Gasteiger partial charge in [-0.2, -0.15) is 0 Å². The van der Waals surface area contributed by atoms with E-state index in [1.807, 2.05) is 12.3 Å². The highest BCUT2D eigenvalue weighted by molar-refractivity contribution is 5.94. The molecule has 0 aliphatic heterocycles. The number of carbonyl (C=O) groups excluding carboxylic acids is 1. The molecule has 4 nitrogen and oxygen atoms in total. The lowest BCUT2D eigenvalue weighted by molar-refractivity contribution is 0.0890. The van der Waals surface area contributed by atoms with Crippen molar-refractivity contribution in [1.82, 2.24) is 9.88 Å². The fraction of sp³-hybridized carbons (Fsp3) is 0.688. The average Bonchev–Trinajstić information content (AvgIpc) is 3.16. The van der Waals surface area contributed by atoms with Crippen LogP contribution in [0.3, 0.4) is 0 Å². The van der Waals surface area contributed by atoms with Crippen molar-refractivity contribution in [2.45, 2.75) is 58.0 Å². The number of aromatic nitrogens is 1. The minimum absolute atomic E-state index is 0.0417. The Morgan fingerprint density at radius 2 is 2.05 bits per heavy atom. The summed E-state index contributed by atoms with van der Waals surface area (Å²) in [6.45, 7) is 4.54. The highest BCUT2D eigenvalue weighted by atomic mass is 16.2. The molecule has 2 aliphatic rings. The molecule has 2 saturated carbocycles. The maximum Gasteiger partial charge on any atom is 0.268 e. The second-order valence-corrected chi connectivity index (χ2v) is 6.77. The number of nitrogen functional groups attached to an aromatic ring is 1. The number of nitrogens with two attached hydrogens (primary N) is 1. The Bertz CT molecular complexity index is 504. The van der Waals surface area contributed by atoms with Gasteiger partial charge in [0.05, 0.1) is 5.69 Å². The summed E-state index contributed by atoms with van der Waals surface area (Å²) in [4.78, 5) is 12.5. The van der Waals surface area contributed by atoms with Gasteiger partial charge in [-0.25, -0.2) is 0 Å². The third-order valence-corrected chi connectivity index (χ3v) is 4.79. The largest absolute Gasteiger partial charge is 0.397 e. The van der Waals surface area contributed by atoms with E-state index in [-0.39, 0.29) is 5.91 Å². The van der Waals surface area contributed by atoms with Crippen LogP contribution in [0.2, 0.25) is 0 Å².